The van der Waals surface area contributed by atoms with Crippen molar-refractivity contribution in [2.75, 3.05) is 11.7 Å². The van der Waals surface area contributed by atoms with Crippen molar-refractivity contribution in [1.82, 2.24) is 4.98 Å². The summed E-state index contributed by atoms with van der Waals surface area (Å²) < 4.78 is 10.8. The molecule has 0 saturated heterocycles. The van der Waals surface area contributed by atoms with E-state index in [-0.39, 0.29) is 25.5 Å². The third-order valence-corrected chi connectivity index (χ3v) is 5.44. The molecule has 7 heteroatoms. The average Bonchev–Trinajstić information content (AvgIpc) is 3.32. The number of ketones is 1. The predicted molar refractivity (Wildman–Crippen MR) is 107 cm³/mol. The first kappa shape index (κ1) is 18.3. The molecule has 2 aliphatic heterocycles. The zero-order valence-electron chi connectivity index (χ0n) is 15.9. The Bertz CT molecular complexity index is 1150. The van der Waals surface area contributed by atoms with Gasteiger partial charge >= 0.3 is 0 Å². The quantitative estimate of drug-likeness (QED) is 0.660. The number of nitrogens with zero attached hydrogens (tertiary/aromatic N) is 2. The minimum atomic E-state index is -1.92. The van der Waals surface area contributed by atoms with Gasteiger partial charge in [-0.3, -0.25) is 14.6 Å². The minimum absolute atomic E-state index is 0.168. The van der Waals surface area contributed by atoms with Gasteiger partial charge in [-0.2, -0.15) is 0 Å². The lowest BCUT2D eigenvalue weighted by atomic mass is 9.88. The Morgan fingerprint density at radius 2 is 1.83 bits per heavy atom. The van der Waals surface area contributed by atoms with Gasteiger partial charge in [-0.1, -0.05) is 24.3 Å². The number of amides is 1. The van der Waals surface area contributed by atoms with Crippen LogP contribution in [0.3, 0.4) is 0 Å². The maximum atomic E-state index is 13.3. The smallest absolute Gasteiger partial charge is 0.264 e. The first-order valence-corrected chi connectivity index (χ1v) is 9.52. The van der Waals surface area contributed by atoms with Crippen molar-refractivity contribution < 1.29 is 24.2 Å². The summed E-state index contributed by atoms with van der Waals surface area (Å²) in [6.07, 6.45) is 2.67. The van der Waals surface area contributed by atoms with Crippen LogP contribution in [0.5, 0.6) is 11.5 Å². The monoisotopic (exact) mass is 402 g/mol. The Hall–Kier alpha value is -3.71. The highest BCUT2D eigenvalue weighted by molar-refractivity contribution is 6.10. The zero-order chi connectivity index (χ0) is 20.7. The van der Waals surface area contributed by atoms with Crippen molar-refractivity contribution in [3.05, 3.63) is 83.7 Å². The fraction of sp³-hybridized carbons (Fsp3) is 0.174. The molecule has 5 rings (SSSR count). The number of para-hydroxylation sites is 1. The van der Waals surface area contributed by atoms with Gasteiger partial charge in [0.25, 0.3) is 5.91 Å². The second-order valence-corrected chi connectivity index (χ2v) is 7.29. The second kappa shape index (κ2) is 6.96. The molecule has 30 heavy (non-hydrogen) atoms. The predicted octanol–water partition coefficient (Wildman–Crippen LogP) is 2.82. The Morgan fingerprint density at radius 1 is 1.07 bits per heavy atom. The van der Waals surface area contributed by atoms with Gasteiger partial charge in [0.2, 0.25) is 6.79 Å². The number of ether oxygens (including phenoxy) is 2. The van der Waals surface area contributed by atoms with Crippen LogP contribution in [0.25, 0.3) is 0 Å². The van der Waals surface area contributed by atoms with Gasteiger partial charge in [-0.15, -0.1) is 0 Å². The van der Waals surface area contributed by atoms with Crippen LogP contribution < -0.4 is 14.4 Å². The molecule has 2 aliphatic rings. The highest BCUT2D eigenvalue weighted by Gasteiger charge is 2.50. The van der Waals surface area contributed by atoms with Gasteiger partial charge in [0.05, 0.1) is 18.7 Å². The van der Waals surface area contributed by atoms with Gasteiger partial charge in [0.15, 0.2) is 22.9 Å². The highest BCUT2D eigenvalue weighted by atomic mass is 16.7. The summed E-state index contributed by atoms with van der Waals surface area (Å²) >= 11 is 0. The van der Waals surface area contributed by atoms with Gasteiger partial charge in [0, 0.05) is 23.5 Å². The number of hydrogen-bond donors (Lipinski definition) is 1. The summed E-state index contributed by atoms with van der Waals surface area (Å²) in [5.74, 6) is 0.429. The van der Waals surface area contributed by atoms with Crippen molar-refractivity contribution in [3.8, 4) is 11.5 Å². The summed E-state index contributed by atoms with van der Waals surface area (Å²) in [4.78, 5) is 31.5. The summed E-state index contributed by atoms with van der Waals surface area (Å²) in [6.45, 7) is 0.402. The van der Waals surface area contributed by atoms with Crippen LogP contribution in [0.15, 0.2) is 67.0 Å². The SMILES string of the molecule is O=C(C[C@]1(O)C(=O)N(Cc2ccc3c(c2)OCO3)c2ccccc21)c1ccncc1. The maximum absolute atomic E-state index is 13.3. The van der Waals surface area contributed by atoms with Gasteiger partial charge in [0.1, 0.15) is 0 Å². The van der Waals surface area contributed by atoms with E-state index in [0.717, 1.165) is 5.56 Å². The lowest BCUT2D eigenvalue weighted by molar-refractivity contribution is -0.136. The van der Waals surface area contributed by atoms with Crippen molar-refractivity contribution in [2.24, 2.45) is 0 Å². The highest BCUT2D eigenvalue weighted by Crippen LogP contribution is 2.44. The molecule has 0 saturated carbocycles. The van der Waals surface area contributed by atoms with E-state index in [9.17, 15) is 14.7 Å². The zero-order valence-corrected chi connectivity index (χ0v) is 15.9. The number of anilines is 1. The molecule has 1 N–H and O–H groups in total. The first-order valence-electron chi connectivity index (χ1n) is 9.52. The van der Waals surface area contributed by atoms with Crippen LogP contribution in [0.4, 0.5) is 5.69 Å². The summed E-state index contributed by atoms with van der Waals surface area (Å²) in [6, 6.07) is 15.6. The minimum Gasteiger partial charge on any atom is -0.454 e. The molecule has 3 aromatic rings. The van der Waals surface area contributed by atoms with Crippen molar-refractivity contribution >= 4 is 17.4 Å². The van der Waals surface area contributed by atoms with Crippen molar-refractivity contribution in [1.29, 1.82) is 0 Å². The van der Waals surface area contributed by atoms with Crippen LogP contribution >= 0.6 is 0 Å². The Labute approximate surface area is 172 Å². The fourth-order valence-corrected chi connectivity index (χ4v) is 3.93. The molecule has 7 nitrogen and oxygen atoms in total. The van der Waals surface area contributed by atoms with E-state index in [1.165, 1.54) is 17.3 Å². The molecule has 0 spiro atoms. The third kappa shape index (κ3) is 2.91. The number of aliphatic hydroxyl groups is 1. The van der Waals surface area contributed by atoms with E-state index < -0.39 is 11.5 Å². The molecule has 2 aromatic carbocycles. The molecule has 150 valence electrons. The molecular weight excluding hydrogens is 384 g/mol. The Balaban J connectivity index is 1.47. The molecular formula is C23H18N2O5. The van der Waals surface area contributed by atoms with E-state index in [0.29, 0.717) is 28.3 Å². The van der Waals surface area contributed by atoms with E-state index >= 15 is 0 Å². The van der Waals surface area contributed by atoms with E-state index in [4.69, 9.17) is 9.47 Å². The largest absolute Gasteiger partial charge is 0.454 e. The molecule has 0 bridgehead atoms. The van der Waals surface area contributed by atoms with Gasteiger partial charge in [-0.25, -0.2) is 0 Å². The molecule has 1 atom stereocenters. The lowest BCUT2D eigenvalue weighted by Crippen LogP contribution is -2.41. The number of fused-ring (bicyclic) bond motifs is 2. The summed E-state index contributed by atoms with van der Waals surface area (Å²) in [5, 5.41) is 11.4. The summed E-state index contributed by atoms with van der Waals surface area (Å²) in [5.41, 5.74) is 0.321. The molecule has 0 unspecified atom stereocenters. The number of hydrogen-bond acceptors (Lipinski definition) is 6. The molecule has 1 aromatic heterocycles. The van der Waals surface area contributed by atoms with Gasteiger partial charge in [-0.05, 0) is 35.9 Å². The Morgan fingerprint density at radius 3 is 2.67 bits per heavy atom. The van der Waals surface area contributed by atoms with E-state index in [1.807, 2.05) is 12.1 Å². The first-order chi connectivity index (χ1) is 14.6. The van der Waals surface area contributed by atoms with Crippen LogP contribution in [-0.4, -0.2) is 28.6 Å². The second-order valence-electron chi connectivity index (χ2n) is 7.29. The van der Waals surface area contributed by atoms with E-state index in [1.54, 1.807) is 42.5 Å². The van der Waals surface area contributed by atoms with Crippen molar-refractivity contribution in [2.45, 2.75) is 18.6 Å². The van der Waals surface area contributed by atoms with Crippen LogP contribution in [0, 0.1) is 0 Å². The number of benzene rings is 2. The molecule has 3 heterocycles. The standard InChI is InChI=1S/C23H18N2O5/c26-19(16-7-9-24-10-8-16)12-23(28)17-3-1-2-4-18(17)25(22(23)27)13-15-5-6-20-21(11-15)30-14-29-20/h1-11,28H,12-14H2/t23-/m1/s1. The number of aromatic nitrogens is 1. The lowest BCUT2D eigenvalue weighted by Gasteiger charge is -2.23. The average molecular weight is 402 g/mol. The normalized spacial score (nSPS) is 19.1. The van der Waals surface area contributed by atoms with Crippen LogP contribution in [0.2, 0.25) is 0 Å². The van der Waals surface area contributed by atoms with Crippen molar-refractivity contribution in [3.63, 3.8) is 0 Å². The maximum Gasteiger partial charge on any atom is 0.264 e. The topological polar surface area (TPSA) is 89.0 Å². The number of carbonyl (C=O) groups is 2. The number of Topliss-reactive ketones (excluding diaryl/α,β-unsaturated/α-hetero) is 1. The number of rotatable bonds is 5. The third-order valence-electron chi connectivity index (χ3n) is 5.44. The van der Waals surface area contributed by atoms with E-state index in [2.05, 4.69) is 4.98 Å². The molecule has 0 fully saturated rings. The summed E-state index contributed by atoms with van der Waals surface area (Å²) in [7, 11) is 0. The molecule has 1 amide bonds. The number of pyridine rings is 1. The van der Waals surface area contributed by atoms with Crippen LogP contribution in [0.1, 0.15) is 27.9 Å². The number of carbonyl (C=O) groups excluding carboxylic acids is 2. The fourth-order valence-electron chi connectivity index (χ4n) is 3.93. The Kier molecular flexibility index (Phi) is 4.25. The van der Waals surface area contributed by atoms with Gasteiger partial charge < -0.3 is 19.5 Å². The molecule has 0 radical (unpaired) electrons. The molecule has 0 aliphatic carbocycles. The van der Waals surface area contributed by atoms with Crippen LogP contribution in [-0.2, 0) is 16.9 Å².